The van der Waals surface area contributed by atoms with Crippen molar-refractivity contribution in [3.05, 3.63) is 111 Å². The van der Waals surface area contributed by atoms with E-state index in [0.717, 1.165) is 12.8 Å². The molecule has 232 valence electrons. The van der Waals surface area contributed by atoms with Crippen molar-refractivity contribution in [1.29, 1.82) is 0 Å². The molecule has 2 aromatic carbocycles. The lowest BCUT2D eigenvalue weighted by molar-refractivity contribution is 0.0986. The van der Waals surface area contributed by atoms with Gasteiger partial charge in [-0.15, -0.1) is 0 Å². The van der Waals surface area contributed by atoms with E-state index in [1.807, 2.05) is 24.3 Å². The van der Waals surface area contributed by atoms with Crippen LogP contribution in [0.1, 0.15) is 67.1 Å². The van der Waals surface area contributed by atoms with E-state index in [9.17, 15) is 19.2 Å². The lowest BCUT2D eigenvalue weighted by atomic mass is 9.97. The number of anilines is 3. The molecule has 1 atom stereocenters. The first-order chi connectivity index (χ1) is 22.1. The number of amides is 3. The van der Waals surface area contributed by atoms with Gasteiger partial charge in [0.2, 0.25) is 0 Å². The molecule has 3 amide bonds. The number of hydrogen-bond acceptors (Lipinski definition) is 7. The molecule has 7 rings (SSSR count). The Morgan fingerprint density at radius 1 is 0.935 bits per heavy atom. The molecule has 5 aromatic rings. The summed E-state index contributed by atoms with van der Waals surface area (Å²) in [5, 5.41) is 9.81. The second-order valence-electron chi connectivity index (χ2n) is 11.8. The van der Waals surface area contributed by atoms with E-state index in [1.165, 1.54) is 4.74 Å². The molecule has 2 N–H and O–H groups in total. The Bertz CT molecular complexity index is 2100. The minimum atomic E-state index is -0.468. The van der Waals surface area contributed by atoms with Crippen molar-refractivity contribution in [2.24, 2.45) is 20.0 Å². The van der Waals surface area contributed by atoms with Gasteiger partial charge in [0.25, 0.3) is 23.3 Å². The Balaban J connectivity index is 1.19. The monoisotopic (exact) mass is 617 g/mol. The second-order valence-corrected chi connectivity index (χ2v) is 11.8. The van der Waals surface area contributed by atoms with Crippen molar-refractivity contribution < 1.29 is 18.9 Å². The SMILES string of the molecule is Cc1cc2c(c(C(=O)Nc3cccc(C(=O)Nc4ccn(C)n4)c3)n1)C(C1CC1)N(c1ccc(-c3c(C)on(C)c3=O)cc1)C2=O. The molecular weight excluding hydrogens is 586 g/mol. The predicted molar refractivity (Wildman–Crippen MR) is 171 cm³/mol. The summed E-state index contributed by atoms with van der Waals surface area (Å²) in [7, 11) is 3.32. The van der Waals surface area contributed by atoms with Crippen LogP contribution in [-0.4, -0.2) is 37.2 Å². The van der Waals surface area contributed by atoms with Crippen molar-refractivity contribution in [2.75, 3.05) is 15.5 Å². The Morgan fingerprint density at radius 2 is 1.70 bits per heavy atom. The average molecular weight is 618 g/mol. The summed E-state index contributed by atoms with van der Waals surface area (Å²) >= 11 is 0. The summed E-state index contributed by atoms with van der Waals surface area (Å²) in [5.74, 6) is 0.0539. The molecule has 0 spiro atoms. The predicted octanol–water partition coefficient (Wildman–Crippen LogP) is 5.01. The van der Waals surface area contributed by atoms with Gasteiger partial charge in [0.05, 0.1) is 11.6 Å². The number of benzene rings is 2. The van der Waals surface area contributed by atoms with Gasteiger partial charge in [-0.25, -0.2) is 4.98 Å². The first kappa shape index (κ1) is 29.0. The number of aryl methyl sites for hydroxylation is 4. The van der Waals surface area contributed by atoms with Crippen molar-refractivity contribution >= 4 is 34.9 Å². The first-order valence-electron chi connectivity index (χ1n) is 14.9. The largest absolute Gasteiger partial charge is 0.381 e. The van der Waals surface area contributed by atoms with Crippen LogP contribution in [0.25, 0.3) is 11.1 Å². The van der Waals surface area contributed by atoms with Gasteiger partial charge in [-0.3, -0.25) is 23.9 Å². The molecule has 12 nitrogen and oxygen atoms in total. The number of aromatic nitrogens is 4. The van der Waals surface area contributed by atoms with Crippen molar-refractivity contribution in [1.82, 2.24) is 19.5 Å². The molecule has 1 fully saturated rings. The zero-order chi connectivity index (χ0) is 32.3. The number of carbonyl (C=O) groups excluding carboxylic acids is 3. The van der Waals surface area contributed by atoms with Gasteiger partial charge in [0.1, 0.15) is 11.5 Å². The number of nitrogens with one attached hydrogen (secondary N) is 2. The van der Waals surface area contributed by atoms with E-state index in [0.29, 0.717) is 56.5 Å². The Hall–Kier alpha value is -5.78. The van der Waals surface area contributed by atoms with Crippen LogP contribution in [0, 0.1) is 19.8 Å². The molecule has 1 aliphatic carbocycles. The van der Waals surface area contributed by atoms with Gasteiger partial charge in [0, 0.05) is 60.1 Å². The van der Waals surface area contributed by atoms with Crippen molar-refractivity contribution in [2.45, 2.75) is 32.7 Å². The molecule has 0 bridgehead atoms. The van der Waals surface area contributed by atoms with Gasteiger partial charge >= 0.3 is 0 Å². The summed E-state index contributed by atoms with van der Waals surface area (Å²) in [4.78, 5) is 59.7. The fourth-order valence-corrected chi connectivity index (χ4v) is 6.17. The van der Waals surface area contributed by atoms with E-state index in [1.54, 1.807) is 80.1 Å². The minimum absolute atomic E-state index is 0.169. The van der Waals surface area contributed by atoms with Gasteiger partial charge in [-0.05, 0) is 74.6 Å². The van der Waals surface area contributed by atoms with Gasteiger partial charge < -0.3 is 20.1 Å². The van der Waals surface area contributed by atoms with E-state index in [2.05, 4.69) is 20.7 Å². The third-order valence-electron chi connectivity index (χ3n) is 8.39. The Kier molecular flexibility index (Phi) is 6.92. The molecule has 0 saturated heterocycles. The highest BCUT2D eigenvalue weighted by Gasteiger charge is 2.48. The summed E-state index contributed by atoms with van der Waals surface area (Å²) in [5.41, 5.74) is 4.12. The van der Waals surface area contributed by atoms with Crippen LogP contribution in [0.4, 0.5) is 17.2 Å². The smallest absolute Gasteiger partial charge is 0.290 e. The van der Waals surface area contributed by atoms with Crippen LogP contribution in [0.15, 0.2) is 76.2 Å². The molecular formula is C34H31N7O5. The quantitative estimate of drug-likeness (QED) is 0.261. The summed E-state index contributed by atoms with van der Waals surface area (Å²) in [6.45, 7) is 3.49. The number of fused-ring (bicyclic) bond motifs is 1. The summed E-state index contributed by atoms with van der Waals surface area (Å²) < 4.78 is 8.23. The molecule has 1 aliphatic heterocycles. The highest BCUT2D eigenvalue weighted by molar-refractivity contribution is 6.15. The van der Waals surface area contributed by atoms with Crippen LogP contribution in [0.2, 0.25) is 0 Å². The van der Waals surface area contributed by atoms with Gasteiger partial charge in [0.15, 0.2) is 5.82 Å². The fraction of sp³-hybridized carbons (Fsp3) is 0.235. The van der Waals surface area contributed by atoms with Crippen LogP contribution in [-0.2, 0) is 14.1 Å². The lowest BCUT2D eigenvalue weighted by Gasteiger charge is -2.26. The fourth-order valence-electron chi connectivity index (χ4n) is 6.17. The van der Waals surface area contributed by atoms with Crippen molar-refractivity contribution in [3.63, 3.8) is 0 Å². The minimum Gasteiger partial charge on any atom is -0.381 e. The molecule has 3 aromatic heterocycles. The van der Waals surface area contributed by atoms with Crippen LogP contribution in [0.3, 0.4) is 0 Å². The van der Waals surface area contributed by atoms with Gasteiger partial charge in [-0.1, -0.05) is 18.2 Å². The van der Waals surface area contributed by atoms with Crippen LogP contribution < -0.4 is 21.1 Å². The van der Waals surface area contributed by atoms with E-state index >= 15 is 0 Å². The standard InChI is InChI=1S/C34H31N7O5/c1-18-16-25-28(29(35-18)32(43)36-23-7-5-6-22(17-23)31(42)37-26-14-15-39(3)38-26)30(21-8-9-21)41(33(25)44)24-12-10-20(11-13-24)27-19(2)46-40(4)34(27)45/h5-7,10-17,21,30H,8-9H2,1-4H3,(H,36,43)(H,37,38,42). The van der Waals surface area contributed by atoms with Gasteiger partial charge in [-0.2, -0.15) is 9.84 Å². The van der Waals surface area contributed by atoms with Crippen LogP contribution >= 0.6 is 0 Å². The van der Waals surface area contributed by atoms with E-state index in [-0.39, 0.29) is 35.0 Å². The van der Waals surface area contributed by atoms with E-state index < -0.39 is 5.91 Å². The Labute approximate surface area is 263 Å². The summed E-state index contributed by atoms with van der Waals surface area (Å²) in [6, 6.07) is 16.9. The summed E-state index contributed by atoms with van der Waals surface area (Å²) in [6.07, 6.45) is 3.55. The third-order valence-corrected chi connectivity index (χ3v) is 8.39. The zero-order valence-corrected chi connectivity index (χ0v) is 25.7. The topological polar surface area (TPSA) is 144 Å². The maximum Gasteiger partial charge on any atom is 0.290 e. The second kappa shape index (κ2) is 11.0. The molecule has 4 heterocycles. The van der Waals surface area contributed by atoms with Crippen molar-refractivity contribution in [3.8, 4) is 11.1 Å². The normalized spacial score (nSPS) is 15.6. The first-order valence-corrected chi connectivity index (χ1v) is 14.9. The molecule has 1 unspecified atom stereocenters. The van der Waals surface area contributed by atoms with Crippen LogP contribution in [0.5, 0.6) is 0 Å². The molecule has 12 heteroatoms. The molecule has 0 radical (unpaired) electrons. The molecule has 1 saturated carbocycles. The average Bonchev–Trinajstić information content (AvgIpc) is 3.65. The lowest BCUT2D eigenvalue weighted by Crippen LogP contribution is -2.29. The number of carbonyl (C=O) groups is 3. The highest BCUT2D eigenvalue weighted by Crippen LogP contribution is 2.52. The number of pyridine rings is 1. The Morgan fingerprint density at radius 3 is 2.35 bits per heavy atom. The highest BCUT2D eigenvalue weighted by atomic mass is 16.5. The molecule has 46 heavy (non-hydrogen) atoms. The number of rotatable bonds is 7. The maximum atomic E-state index is 14.0. The van der Waals surface area contributed by atoms with E-state index in [4.69, 9.17) is 4.52 Å². The third kappa shape index (κ3) is 5.07. The zero-order valence-electron chi connectivity index (χ0n) is 25.7. The maximum absolute atomic E-state index is 14.0. The molecule has 2 aliphatic rings. The number of nitrogens with zero attached hydrogens (tertiary/aromatic N) is 5. The number of hydrogen-bond donors (Lipinski definition) is 2.